The lowest BCUT2D eigenvalue weighted by Crippen LogP contribution is -2.35. The molecule has 1 fully saturated rings. The zero-order chi connectivity index (χ0) is 27.5. The van der Waals surface area contributed by atoms with Crippen LogP contribution in [0.3, 0.4) is 0 Å². The first-order chi connectivity index (χ1) is 16.4. The number of phosphoric acid groups is 3. The summed E-state index contributed by atoms with van der Waals surface area (Å²) < 4.78 is 58.1. The van der Waals surface area contributed by atoms with Gasteiger partial charge in [0.2, 0.25) is 0 Å². The molecule has 200 valence electrons. The van der Waals surface area contributed by atoms with Crippen LogP contribution < -0.4 is 11.2 Å². The molecule has 0 bridgehead atoms. The Kier molecular flexibility index (Phi) is 9.22. The van der Waals surface area contributed by atoms with Crippen LogP contribution in [0.4, 0.5) is 0 Å². The molecule has 23 heteroatoms. The minimum Gasteiger partial charge on any atom is -0.349 e. The zero-order valence-corrected chi connectivity index (χ0v) is 20.9. The van der Waals surface area contributed by atoms with Crippen LogP contribution in [0.15, 0.2) is 20.9 Å². The lowest BCUT2D eigenvalue weighted by Gasteiger charge is -2.23. The van der Waals surface area contributed by atoms with E-state index in [4.69, 9.17) is 31.4 Å². The third-order valence-corrected chi connectivity index (χ3v) is 8.07. The van der Waals surface area contributed by atoms with Gasteiger partial charge in [-0.15, -0.1) is 0 Å². The maximum atomic E-state index is 12.2. The maximum absolute atomic E-state index is 12.2. The molecule has 1 aromatic heterocycles. The monoisotopic (exact) mass is 576 g/mol. The number of ether oxygens (including phenoxy) is 2. The molecule has 1 aliphatic rings. The van der Waals surface area contributed by atoms with Crippen molar-refractivity contribution in [3.8, 4) is 0 Å². The number of hydrogen-bond acceptors (Lipinski definition) is 11. The number of nitrogens with one attached hydrogen (secondary N) is 1. The number of hydrogen-bond donors (Lipinski definition) is 5. The van der Waals surface area contributed by atoms with Gasteiger partial charge in [-0.2, -0.15) is 8.62 Å². The van der Waals surface area contributed by atoms with E-state index in [0.717, 1.165) is 17.7 Å². The van der Waals surface area contributed by atoms with Crippen LogP contribution in [0, 0.1) is 13.5 Å². The highest BCUT2D eigenvalue weighted by atomic mass is 31.3. The van der Waals surface area contributed by atoms with Crippen molar-refractivity contribution < 1.29 is 55.9 Å². The van der Waals surface area contributed by atoms with Gasteiger partial charge in [0.05, 0.1) is 12.7 Å². The van der Waals surface area contributed by atoms with Crippen LogP contribution in [0.25, 0.3) is 15.3 Å². The molecule has 4 unspecified atom stereocenters. The molecule has 0 amide bonds. The van der Waals surface area contributed by atoms with Crippen molar-refractivity contribution >= 4 is 23.5 Å². The summed E-state index contributed by atoms with van der Waals surface area (Å²) in [6.07, 6.45) is -3.00. The van der Waals surface area contributed by atoms with Gasteiger partial charge in [-0.05, 0) is 12.5 Å². The summed E-state index contributed by atoms with van der Waals surface area (Å²) in [4.78, 5) is 67.5. The van der Waals surface area contributed by atoms with Crippen molar-refractivity contribution in [2.75, 3.05) is 6.61 Å². The Labute approximate surface area is 200 Å². The van der Waals surface area contributed by atoms with Gasteiger partial charge >= 0.3 is 35.0 Å². The minimum atomic E-state index is -5.78. The van der Waals surface area contributed by atoms with Crippen LogP contribution in [0.5, 0.6) is 0 Å². The Morgan fingerprint density at radius 3 is 2.47 bits per heavy atom. The van der Waals surface area contributed by atoms with Gasteiger partial charge in [-0.25, -0.2) is 25.1 Å². The van der Waals surface area contributed by atoms with E-state index in [9.17, 15) is 33.1 Å². The van der Waals surface area contributed by atoms with Gasteiger partial charge in [0, 0.05) is 35.1 Å². The molecule has 0 aromatic carbocycles. The summed E-state index contributed by atoms with van der Waals surface area (Å²) in [5, 5.41) is 3.21. The van der Waals surface area contributed by atoms with Crippen LogP contribution in [-0.2, 0) is 36.3 Å². The zero-order valence-electron chi connectivity index (χ0n) is 18.2. The average molecular weight is 576 g/mol. The first-order valence-corrected chi connectivity index (χ1v) is 13.8. The number of phosphoric ester groups is 1. The van der Waals surface area contributed by atoms with E-state index in [1.807, 2.05) is 4.98 Å². The largest absolute Gasteiger partial charge is 0.490 e. The lowest BCUT2D eigenvalue weighted by molar-refractivity contribution is -0.0991. The summed E-state index contributed by atoms with van der Waals surface area (Å²) >= 11 is 0. The molecule has 2 rings (SSSR count). The smallest absolute Gasteiger partial charge is 0.349 e. The second-order valence-corrected chi connectivity index (χ2v) is 11.5. The predicted molar refractivity (Wildman–Crippen MR) is 113 cm³/mol. The SMILES string of the molecule is [C-]#[N+]C(C)(N=[N+]=[N-])OC1C[C@H](n2cc(C)c(=O)[nH]c2=O)O[C@@H]1COP(=O)(O)OP(=O)(O)OP(=O)(O)O. The van der Waals surface area contributed by atoms with Gasteiger partial charge < -0.3 is 24.3 Å². The number of aromatic amines is 1. The van der Waals surface area contributed by atoms with Crippen LogP contribution in [0.1, 0.15) is 25.1 Å². The van der Waals surface area contributed by atoms with E-state index in [1.54, 1.807) is 0 Å². The van der Waals surface area contributed by atoms with Crippen molar-refractivity contribution in [1.82, 2.24) is 9.55 Å². The van der Waals surface area contributed by atoms with Crippen molar-refractivity contribution in [2.45, 2.75) is 44.6 Å². The molecular formula is C13H19N6O14P3. The molecule has 0 aliphatic carbocycles. The topological polar surface area (TPSA) is 286 Å². The average Bonchev–Trinajstić information content (AvgIpc) is 3.08. The molecule has 1 saturated heterocycles. The second kappa shape index (κ2) is 11.1. The summed E-state index contributed by atoms with van der Waals surface area (Å²) in [5.74, 6) is -2.13. The van der Waals surface area contributed by atoms with E-state index >= 15 is 0 Å². The molecule has 20 nitrogen and oxygen atoms in total. The van der Waals surface area contributed by atoms with Gasteiger partial charge in [0.1, 0.15) is 12.3 Å². The number of azide groups is 1. The standard InChI is InChI=1S/C13H19N6O14P3/c1-7-5-19(12(21)16-11(7)20)10-4-8(31-13(2,15-3)17-18-14)9(30-10)6-29-35(25,26)33-36(27,28)32-34(22,23)24/h5,8-10H,4,6H2,1-2H3,(H,25,26)(H,27,28)(H,16,20,21)(H2,22,23,24)/t8?,9-,10-,13?/m1/s1. The van der Waals surface area contributed by atoms with E-state index in [0.29, 0.717) is 0 Å². The van der Waals surface area contributed by atoms with Crippen LogP contribution in [0.2, 0.25) is 0 Å². The molecule has 0 saturated carbocycles. The number of nitrogens with zero attached hydrogens (tertiary/aromatic N) is 5. The molecule has 6 atom stereocenters. The highest BCUT2D eigenvalue weighted by molar-refractivity contribution is 7.66. The van der Waals surface area contributed by atoms with E-state index in [-0.39, 0.29) is 12.0 Å². The van der Waals surface area contributed by atoms with E-state index < -0.39 is 65.6 Å². The highest BCUT2D eigenvalue weighted by Gasteiger charge is 2.46. The lowest BCUT2D eigenvalue weighted by atomic mass is 10.2. The molecule has 1 aromatic rings. The van der Waals surface area contributed by atoms with Crippen molar-refractivity contribution in [3.63, 3.8) is 0 Å². The quantitative estimate of drug-likeness (QED) is 0.0799. The first kappa shape index (κ1) is 30.0. The van der Waals surface area contributed by atoms with Crippen molar-refractivity contribution in [1.29, 1.82) is 0 Å². The Balaban J connectivity index is 2.29. The molecule has 0 spiro atoms. The number of H-pyrrole nitrogens is 1. The Bertz CT molecular complexity index is 1340. The summed E-state index contributed by atoms with van der Waals surface area (Å²) in [7, 11) is -16.9. The minimum absolute atomic E-state index is 0.118. The summed E-state index contributed by atoms with van der Waals surface area (Å²) in [6.45, 7) is 8.69. The van der Waals surface area contributed by atoms with Gasteiger partial charge in [0.25, 0.3) is 5.56 Å². The molecular weight excluding hydrogens is 557 g/mol. The second-order valence-electron chi connectivity index (χ2n) is 7.12. The fraction of sp³-hybridized carbons (Fsp3) is 0.615. The number of aromatic nitrogens is 2. The van der Waals surface area contributed by atoms with Crippen LogP contribution >= 0.6 is 23.5 Å². The fourth-order valence-electron chi connectivity index (χ4n) is 2.86. The van der Waals surface area contributed by atoms with Crippen LogP contribution in [-0.4, -0.2) is 53.8 Å². The Hall–Kier alpha value is -2.19. The van der Waals surface area contributed by atoms with Crippen molar-refractivity contribution in [3.05, 3.63) is 54.5 Å². The van der Waals surface area contributed by atoms with Crippen molar-refractivity contribution in [2.24, 2.45) is 5.11 Å². The third-order valence-electron chi connectivity index (χ3n) is 4.27. The first-order valence-electron chi connectivity index (χ1n) is 9.28. The number of rotatable bonds is 11. The van der Waals surface area contributed by atoms with Gasteiger partial charge in [-0.3, -0.25) is 28.5 Å². The Morgan fingerprint density at radius 2 is 1.92 bits per heavy atom. The molecule has 0 radical (unpaired) electrons. The summed E-state index contributed by atoms with van der Waals surface area (Å²) in [5.41, 5.74) is 7.24. The maximum Gasteiger partial charge on any atom is 0.490 e. The molecule has 5 N–H and O–H groups in total. The summed E-state index contributed by atoms with van der Waals surface area (Å²) in [6, 6.07) is 0. The molecule has 1 aliphatic heterocycles. The normalized spacial score (nSPS) is 25.1. The predicted octanol–water partition coefficient (Wildman–Crippen LogP) is 0.764. The van der Waals surface area contributed by atoms with Gasteiger partial charge in [0.15, 0.2) is 0 Å². The molecule has 2 heterocycles. The number of aryl methyl sites for hydroxylation is 1. The fourth-order valence-corrected chi connectivity index (χ4v) is 5.89. The Morgan fingerprint density at radius 1 is 1.28 bits per heavy atom. The third kappa shape index (κ3) is 8.44. The van der Waals surface area contributed by atoms with Gasteiger partial charge in [-0.1, -0.05) is 0 Å². The van der Waals surface area contributed by atoms with E-state index in [2.05, 4.69) is 28.0 Å². The van der Waals surface area contributed by atoms with E-state index in [1.165, 1.54) is 6.92 Å². The highest BCUT2D eigenvalue weighted by Crippen LogP contribution is 2.66. The molecule has 36 heavy (non-hydrogen) atoms.